The van der Waals surface area contributed by atoms with Crippen molar-refractivity contribution >= 4 is 15.9 Å². The zero-order chi connectivity index (χ0) is 13.8. The van der Waals surface area contributed by atoms with E-state index in [1.165, 1.54) is 0 Å². The molecule has 0 atom stereocenters. The minimum absolute atomic E-state index is 0.367. The van der Waals surface area contributed by atoms with Gasteiger partial charge in [-0.15, -0.1) is 0 Å². The Kier molecular flexibility index (Phi) is 4.50. The maximum atomic E-state index is 5.70. The van der Waals surface area contributed by atoms with Crippen molar-refractivity contribution in [2.24, 2.45) is 5.73 Å². The summed E-state index contributed by atoms with van der Waals surface area (Å²) in [6.07, 6.45) is 0. The van der Waals surface area contributed by atoms with Crippen molar-refractivity contribution in [2.75, 3.05) is 7.11 Å². The van der Waals surface area contributed by atoms with Gasteiger partial charge in [-0.05, 0) is 47.1 Å². The molecule has 2 rings (SSSR count). The molecule has 0 saturated carbocycles. The van der Waals surface area contributed by atoms with Crippen LogP contribution < -0.4 is 15.2 Å². The molecule has 2 N–H and O–H groups in total. The first-order valence-electron chi connectivity index (χ1n) is 5.88. The summed E-state index contributed by atoms with van der Waals surface area (Å²) in [5.41, 5.74) is 6.61. The van der Waals surface area contributed by atoms with Gasteiger partial charge in [0.2, 0.25) is 0 Å². The van der Waals surface area contributed by atoms with Gasteiger partial charge >= 0.3 is 0 Å². The van der Waals surface area contributed by atoms with Crippen LogP contribution in [0.4, 0.5) is 0 Å². The zero-order valence-corrected chi connectivity index (χ0v) is 12.5. The van der Waals surface area contributed by atoms with Crippen molar-refractivity contribution in [3.8, 4) is 11.5 Å². The highest BCUT2D eigenvalue weighted by molar-refractivity contribution is 9.10. The summed E-state index contributed by atoms with van der Waals surface area (Å²) in [5, 5.41) is 0. The van der Waals surface area contributed by atoms with Gasteiger partial charge in [-0.2, -0.15) is 0 Å². The number of benzene rings is 1. The Morgan fingerprint density at radius 1 is 1.32 bits per heavy atom. The summed E-state index contributed by atoms with van der Waals surface area (Å²) in [6, 6.07) is 7.47. The average molecular weight is 326 g/mol. The summed E-state index contributed by atoms with van der Waals surface area (Å²) in [6.45, 7) is 2.74. The second kappa shape index (κ2) is 6.12. The SMILES string of the molecule is COc1ccc(OCc2cc(CN)c(C)o2)c(Br)c1. The fourth-order valence-electron chi connectivity index (χ4n) is 1.74. The lowest BCUT2D eigenvalue weighted by molar-refractivity contribution is 0.265. The van der Waals surface area contributed by atoms with Gasteiger partial charge in [0.25, 0.3) is 0 Å². The number of aryl methyl sites for hydroxylation is 1. The van der Waals surface area contributed by atoms with Crippen molar-refractivity contribution in [2.45, 2.75) is 20.1 Å². The lowest BCUT2D eigenvalue weighted by Crippen LogP contribution is -1.96. The maximum Gasteiger partial charge on any atom is 0.146 e. The summed E-state index contributed by atoms with van der Waals surface area (Å²) in [4.78, 5) is 0. The molecule has 0 bridgehead atoms. The van der Waals surface area contributed by atoms with Gasteiger partial charge in [0.05, 0.1) is 11.6 Å². The minimum Gasteiger partial charge on any atom is -0.497 e. The molecule has 1 aromatic carbocycles. The number of methoxy groups -OCH3 is 1. The van der Waals surface area contributed by atoms with Crippen LogP contribution in [-0.2, 0) is 13.2 Å². The lowest BCUT2D eigenvalue weighted by Gasteiger charge is -2.08. The fourth-order valence-corrected chi connectivity index (χ4v) is 2.21. The van der Waals surface area contributed by atoms with Gasteiger partial charge in [-0.1, -0.05) is 0 Å². The van der Waals surface area contributed by atoms with Crippen LogP contribution in [0, 0.1) is 6.92 Å². The largest absolute Gasteiger partial charge is 0.497 e. The van der Waals surface area contributed by atoms with E-state index in [1.54, 1.807) is 7.11 Å². The van der Waals surface area contributed by atoms with E-state index in [4.69, 9.17) is 19.6 Å². The molecule has 2 aromatic rings. The molecule has 0 radical (unpaired) electrons. The van der Waals surface area contributed by atoms with Crippen LogP contribution in [0.1, 0.15) is 17.1 Å². The van der Waals surface area contributed by atoms with E-state index < -0.39 is 0 Å². The number of halogens is 1. The highest BCUT2D eigenvalue weighted by atomic mass is 79.9. The van der Waals surface area contributed by atoms with E-state index in [2.05, 4.69) is 15.9 Å². The minimum atomic E-state index is 0.367. The molecule has 0 saturated heterocycles. The van der Waals surface area contributed by atoms with Gasteiger partial charge in [0.1, 0.15) is 29.6 Å². The van der Waals surface area contributed by atoms with Crippen LogP contribution in [0.25, 0.3) is 0 Å². The topological polar surface area (TPSA) is 57.6 Å². The van der Waals surface area contributed by atoms with Crippen molar-refractivity contribution in [1.82, 2.24) is 0 Å². The third kappa shape index (κ3) is 3.30. The molecule has 0 aliphatic carbocycles. The van der Waals surface area contributed by atoms with Gasteiger partial charge in [0, 0.05) is 12.1 Å². The number of hydrogen-bond donors (Lipinski definition) is 1. The molecule has 1 aromatic heterocycles. The second-order valence-corrected chi connectivity index (χ2v) is 4.94. The third-order valence-electron chi connectivity index (χ3n) is 2.80. The number of nitrogens with two attached hydrogens (primary N) is 1. The van der Waals surface area contributed by atoms with E-state index in [1.807, 2.05) is 31.2 Å². The van der Waals surface area contributed by atoms with Crippen LogP contribution >= 0.6 is 15.9 Å². The van der Waals surface area contributed by atoms with Gasteiger partial charge in [0.15, 0.2) is 0 Å². The molecule has 0 amide bonds. The highest BCUT2D eigenvalue weighted by Gasteiger charge is 2.08. The second-order valence-electron chi connectivity index (χ2n) is 4.08. The normalized spacial score (nSPS) is 10.5. The molecule has 0 unspecified atom stereocenters. The molecule has 0 aliphatic rings. The van der Waals surface area contributed by atoms with Crippen molar-refractivity contribution in [3.63, 3.8) is 0 Å². The van der Waals surface area contributed by atoms with E-state index in [0.29, 0.717) is 13.2 Å². The van der Waals surface area contributed by atoms with Crippen LogP contribution in [-0.4, -0.2) is 7.11 Å². The molecule has 19 heavy (non-hydrogen) atoms. The monoisotopic (exact) mass is 325 g/mol. The number of hydrogen-bond acceptors (Lipinski definition) is 4. The first-order chi connectivity index (χ1) is 9.13. The fraction of sp³-hybridized carbons (Fsp3) is 0.286. The summed E-state index contributed by atoms with van der Waals surface area (Å²) in [5.74, 6) is 3.12. The molecular formula is C14H16BrNO3. The molecular weight excluding hydrogens is 310 g/mol. The van der Waals surface area contributed by atoms with Crippen molar-refractivity contribution in [3.05, 3.63) is 45.8 Å². The molecule has 4 nitrogen and oxygen atoms in total. The highest BCUT2D eigenvalue weighted by Crippen LogP contribution is 2.30. The maximum absolute atomic E-state index is 5.70. The molecule has 102 valence electrons. The Morgan fingerprint density at radius 2 is 2.11 bits per heavy atom. The molecule has 0 fully saturated rings. The van der Waals surface area contributed by atoms with Gasteiger partial charge < -0.3 is 19.6 Å². The Balaban J connectivity index is 2.05. The Morgan fingerprint density at radius 3 is 2.68 bits per heavy atom. The number of rotatable bonds is 5. The predicted molar refractivity (Wildman–Crippen MR) is 76.4 cm³/mol. The van der Waals surface area contributed by atoms with E-state index in [-0.39, 0.29) is 0 Å². The summed E-state index contributed by atoms with van der Waals surface area (Å²) >= 11 is 3.44. The molecule has 1 heterocycles. The predicted octanol–water partition coefficient (Wildman–Crippen LogP) is 3.40. The van der Waals surface area contributed by atoms with Crippen LogP contribution in [0.15, 0.2) is 33.2 Å². The number of furan rings is 1. The zero-order valence-electron chi connectivity index (χ0n) is 10.9. The molecule has 5 heteroatoms. The van der Waals surface area contributed by atoms with E-state index >= 15 is 0 Å². The van der Waals surface area contributed by atoms with Crippen LogP contribution in [0.3, 0.4) is 0 Å². The van der Waals surface area contributed by atoms with E-state index in [9.17, 15) is 0 Å². The lowest BCUT2D eigenvalue weighted by atomic mass is 10.2. The quantitative estimate of drug-likeness (QED) is 0.915. The van der Waals surface area contributed by atoms with Gasteiger partial charge in [-0.3, -0.25) is 0 Å². The third-order valence-corrected chi connectivity index (χ3v) is 3.42. The van der Waals surface area contributed by atoms with Crippen molar-refractivity contribution in [1.29, 1.82) is 0 Å². The average Bonchev–Trinajstić information content (AvgIpc) is 2.77. The van der Waals surface area contributed by atoms with Crippen LogP contribution in [0.2, 0.25) is 0 Å². The number of ether oxygens (including phenoxy) is 2. The van der Waals surface area contributed by atoms with E-state index in [0.717, 1.165) is 33.1 Å². The first-order valence-corrected chi connectivity index (χ1v) is 6.68. The van der Waals surface area contributed by atoms with Crippen LogP contribution in [0.5, 0.6) is 11.5 Å². The summed E-state index contributed by atoms with van der Waals surface area (Å²) < 4.78 is 17.2. The molecule has 0 aliphatic heterocycles. The first kappa shape index (κ1) is 14.0. The summed E-state index contributed by atoms with van der Waals surface area (Å²) in [7, 11) is 1.63. The smallest absolute Gasteiger partial charge is 0.146 e. The Bertz CT molecular complexity index is 566. The van der Waals surface area contributed by atoms with Crippen molar-refractivity contribution < 1.29 is 13.9 Å². The Hall–Kier alpha value is -1.46. The standard InChI is InChI=1S/C14H16BrNO3/c1-9-10(7-16)5-12(19-9)8-18-14-4-3-11(17-2)6-13(14)15/h3-6H,7-8,16H2,1-2H3. The molecule has 0 spiro atoms. The Labute approximate surface area is 120 Å². The van der Waals surface area contributed by atoms with Gasteiger partial charge in [-0.25, -0.2) is 0 Å².